The summed E-state index contributed by atoms with van der Waals surface area (Å²) in [6, 6.07) is 15.0. The fourth-order valence-electron chi connectivity index (χ4n) is 4.32. The summed E-state index contributed by atoms with van der Waals surface area (Å²) in [6.45, 7) is 5.99. The van der Waals surface area contributed by atoms with Gasteiger partial charge in [-0.2, -0.15) is 0 Å². The fourth-order valence-corrected chi connectivity index (χ4v) is 4.55. The van der Waals surface area contributed by atoms with E-state index in [1.54, 1.807) is 4.90 Å². The molecule has 0 bridgehead atoms. The molecule has 6 heteroatoms. The van der Waals surface area contributed by atoms with E-state index >= 15 is 0 Å². The number of aryl methyl sites for hydroxylation is 1. The number of ether oxygens (including phenoxy) is 1. The summed E-state index contributed by atoms with van der Waals surface area (Å²) in [5.41, 5.74) is 1.56. The molecule has 0 N–H and O–H groups in total. The summed E-state index contributed by atoms with van der Waals surface area (Å²) in [5.74, 6) is 1.08. The van der Waals surface area contributed by atoms with Crippen molar-refractivity contribution in [1.82, 2.24) is 9.80 Å². The average molecular weight is 471 g/mol. The SMILES string of the molecule is CC(C)C[C@H]1COc2ccccc2C(=O)N(C)CCCCN1C(=O)CCc1ccccc1Cl. The van der Waals surface area contributed by atoms with Crippen molar-refractivity contribution in [2.45, 2.75) is 52.0 Å². The zero-order valence-electron chi connectivity index (χ0n) is 19.9. The lowest BCUT2D eigenvalue weighted by Crippen LogP contribution is -2.45. The van der Waals surface area contributed by atoms with Crippen LogP contribution in [-0.2, 0) is 11.2 Å². The smallest absolute Gasteiger partial charge is 0.257 e. The molecule has 0 fully saturated rings. The van der Waals surface area contributed by atoms with Crippen LogP contribution in [0.25, 0.3) is 0 Å². The highest BCUT2D eigenvalue weighted by atomic mass is 35.5. The molecule has 2 amide bonds. The number of halogens is 1. The highest BCUT2D eigenvalue weighted by Crippen LogP contribution is 2.24. The molecule has 2 aromatic carbocycles. The predicted molar refractivity (Wildman–Crippen MR) is 133 cm³/mol. The summed E-state index contributed by atoms with van der Waals surface area (Å²) in [4.78, 5) is 30.1. The average Bonchev–Trinajstić information content (AvgIpc) is 2.80. The van der Waals surface area contributed by atoms with Gasteiger partial charge in [-0.05, 0) is 55.4 Å². The van der Waals surface area contributed by atoms with Gasteiger partial charge in [0.25, 0.3) is 5.91 Å². The Morgan fingerprint density at radius 3 is 2.55 bits per heavy atom. The van der Waals surface area contributed by atoms with Crippen LogP contribution >= 0.6 is 11.6 Å². The molecule has 0 saturated carbocycles. The molecule has 0 unspecified atom stereocenters. The van der Waals surface area contributed by atoms with Crippen molar-refractivity contribution in [3.8, 4) is 5.75 Å². The molecule has 178 valence electrons. The molecule has 0 saturated heterocycles. The van der Waals surface area contributed by atoms with Gasteiger partial charge < -0.3 is 14.5 Å². The molecule has 0 aliphatic carbocycles. The molecule has 1 aliphatic heterocycles. The van der Waals surface area contributed by atoms with Gasteiger partial charge in [0.05, 0.1) is 11.6 Å². The Labute approximate surface area is 202 Å². The Morgan fingerprint density at radius 1 is 1.09 bits per heavy atom. The van der Waals surface area contributed by atoms with Crippen LogP contribution in [0, 0.1) is 5.92 Å². The van der Waals surface area contributed by atoms with Crippen LogP contribution in [0.15, 0.2) is 48.5 Å². The maximum atomic E-state index is 13.4. The van der Waals surface area contributed by atoms with Gasteiger partial charge >= 0.3 is 0 Å². The lowest BCUT2D eigenvalue weighted by molar-refractivity contribution is -0.134. The first-order chi connectivity index (χ1) is 15.9. The van der Waals surface area contributed by atoms with Gasteiger partial charge in [-0.1, -0.05) is 55.8 Å². The molecule has 0 aromatic heterocycles. The minimum absolute atomic E-state index is 0.0285. The number of nitrogens with zero attached hydrogens (tertiary/aromatic N) is 2. The fraction of sp³-hybridized carbons (Fsp3) is 0.481. The third-order valence-electron chi connectivity index (χ3n) is 6.11. The molecule has 33 heavy (non-hydrogen) atoms. The maximum absolute atomic E-state index is 13.4. The summed E-state index contributed by atoms with van der Waals surface area (Å²) >= 11 is 6.31. The van der Waals surface area contributed by atoms with Crippen molar-refractivity contribution in [3.63, 3.8) is 0 Å². The number of hydrogen-bond donors (Lipinski definition) is 0. The maximum Gasteiger partial charge on any atom is 0.257 e. The minimum atomic E-state index is -0.0518. The first kappa shape index (κ1) is 25.1. The first-order valence-electron chi connectivity index (χ1n) is 11.9. The molecule has 1 aliphatic rings. The Morgan fingerprint density at radius 2 is 1.79 bits per heavy atom. The van der Waals surface area contributed by atoms with Crippen LogP contribution in [0.1, 0.15) is 55.5 Å². The van der Waals surface area contributed by atoms with Crippen LogP contribution in [0.4, 0.5) is 0 Å². The topological polar surface area (TPSA) is 49.9 Å². The molecule has 1 heterocycles. The molecule has 1 atom stereocenters. The van der Waals surface area contributed by atoms with E-state index in [9.17, 15) is 9.59 Å². The molecule has 0 radical (unpaired) electrons. The van der Waals surface area contributed by atoms with E-state index in [1.165, 1.54) is 0 Å². The van der Waals surface area contributed by atoms with E-state index in [4.69, 9.17) is 16.3 Å². The van der Waals surface area contributed by atoms with Gasteiger partial charge in [-0.15, -0.1) is 0 Å². The number of fused-ring (bicyclic) bond motifs is 1. The second-order valence-corrected chi connectivity index (χ2v) is 9.61. The van der Waals surface area contributed by atoms with E-state index in [0.29, 0.717) is 54.8 Å². The number of para-hydroxylation sites is 1. The van der Waals surface area contributed by atoms with Gasteiger partial charge in [0, 0.05) is 31.6 Å². The van der Waals surface area contributed by atoms with E-state index in [2.05, 4.69) is 13.8 Å². The van der Waals surface area contributed by atoms with Crippen molar-refractivity contribution in [2.75, 3.05) is 26.7 Å². The van der Waals surface area contributed by atoms with Gasteiger partial charge in [0.15, 0.2) is 0 Å². The van der Waals surface area contributed by atoms with E-state index < -0.39 is 0 Å². The molecule has 3 rings (SSSR count). The third kappa shape index (κ3) is 6.97. The van der Waals surface area contributed by atoms with Crippen molar-refractivity contribution in [2.24, 2.45) is 5.92 Å². The summed E-state index contributed by atoms with van der Waals surface area (Å²) in [5, 5.41) is 0.699. The van der Waals surface area contributed by atoms with Gasteiger partial charge in [-0.25, -0.2) is 0 Å². The number of carbonyl (C=O) groups is 2. The molecular formula is C27H35ClN2O3. The summed E-state index contributed by atoms with van der Waals surface area (Å²) < 4.78 is 6.19. The van der Waals surface area contributed by atoms with Crippen molar-refractivity contribution in [1.29, 1.82) is 0 Å². The van der Waals surface area contributed by atoms with Gasteiger partial charge in [0.1, 0.15) is 12.4 Å². The molecule has 5 nitrogen and oxygen atoms in total. The third-order valence-corrected chi connectivity index (χ3v) is 6.48. The van der Waals surface area contributed by atoms with Gasteiger partial charge in [-0.3, -0.25) is 9.59 Å². The van der Waals surface area contributed by atoms with Crippen LogP contribution in [-0.4, -0.2) is 54.4 Å². The summed E-state index contributed by atoms with van der Waals surface area (Å²) in [7, 11) is 1.82. The number of carbonyl (C=O) groups excluding carboxylic acids is 2. The number of rotatable bonds is 5. The number of benzene rings is 2. The highest BCUT2D eigenvalue weighted by molar-refractivity contribution is 6.31. The second kappa shape index (κ2) is 12.1. The van der Waals surface area contributed by atoms with Crippen LogP contribution in [0.5, 0.6) is 5.75 Å². The quantitative estimate of drug-likeness (QED) is 0.583. The van der Waals surface area contributed by atoms with E-state index in [1.807, 2.05) is 60.5 Å². The van der Waals surface area contributed by atoms with Crippen LogP contribution in [0.3, 0.4) is 0 Å². The first-order valence-corrected chi connectivity index (χ1v) is 12.2. The van der Waals surface area contributed by atoms with Crippen LogP contribution in [0.2, 0.25) is 5.02 Å². The monoisotopic (exact) mass is 470 g/mol. The second-order valence-electron chi connectivity index (χ2n) is 9.20. The van der Waals surface area contributed by atoms with E-state index in [-0.39, 0.29) is 17.9 Å². The highest BCUT2D eigenvalue weighted by Gasteiger charge is 2.27. The van der Waals surface area contributed by atoms with Crippen molar-refractivity contribution >= 4 is 23.4 Å². The van der Waals surface area contributed by atoms with Crippen LogP contribution < -0.4 is 4.74 Å². The Balaban J connectivity index is 1.82. The molecule has 0 spiro atoms. The Hall–Kier alpha value is -2.53. The minimum Gasteiger partial charge on any atom is -0.491 e. The lowest BCUT2D eigenvalue weighted by atomic mass is 10.0. The predicted octanol–water partition coefficient (Wildman–Crippen LogP) is 5.46. The van der Waals surface area contributed by atoms with Crippen molar-refractivity contribution < 1.29 is 14.3 Å². The molecule has 2 aromatic rings. The largest absolute Gasteiger partial charge is 0.491 e. The summed E-state index contributed by atoms with van der Waals surface area (Å²) in [6.07, 6.45) is 3.55. The standard InChI is InChI=1S/C27H35ClN2O3/c1-20(2)18-22-19-33-25-13-7-5-11-23(25)27(32)29(3)16-8-9-17-30(22)26(31)15-14-21-10-4-6-12-24(21)28/h4-7,10-13,20,22H,8-9,14-19H2,1-3H3/t22-/m0/s1. The van der Waals surface area contributed by atoms with Crippen molar-refractivity contribution in [3.05, 3.63) is 64.7 Å². The Bertz CT molecular complexity index is 946. The number of amides is 2. The Kier molecular flexibility index (Phi) is 9.19. The lowest BCUT2D eigenvalue weighted by Gasteiger charge is -2.34. The zero-order valence-corrected chi connectivity index (χ0v) is 20.7. The number of hydrogen-bond acceptors (Lipinski definition) is 3. The van der Waals surface area contributed by atoms with E-state index in [0.717, 1.165) is 24.8 Å². The zero-order chi connectivity index (χ0) is 23.8. The molecular weight excluding hydrogens is 436 g/mol. The van der Waals surface area contributed by atoms with Gasteiger partial charge in [0.2, 0.25) is 5.91 Å². The normalized spacial score (nSPS) is 17.7.